The van der Waals surface area contributed by atoms with Gasteiger partial charge in [-0.2, -0.15) is 0 Å². The van der Waals surface area contributed by atoms with Crippen LogP contribution in [0.15, 0.2) is 24.3 Å². The summed E-state index contributed by atoms with van der Waals surface area (Å²) in [6, 6.07) is 8.11. The van der Waals surface area contributed by atoms with Crippen LogP contribution in [0.5, 0.6) is 5.75 Å². The van der Waals surface area contributed by atoms with Gasteiger partial charge >= 0.3 is 0 Å². The van der Waals surface area contributed by atoms with E-state index in [1.807, 2.05) is 23.1 Å². The molecule has 0 radical (unpaired) electrons. The van der Waals surface area contributed by atoms with Crippen molar-refractivity contribution < 1.29 is 9.53 Å². The zero-order chi connectivity index (χ0) is 12.4. The lowest BCUT2D eigenvalue weighted by Crippen LogP contribution is -2.39. The molecular weight excluding hydrogens is 228 g/mol. The SMILES string of the molecule is O=C1CCCN1CCN1CCOc2ccccc21. The predicted molar refractivity (Wildman–Crippen MR) is 70.0 cm³/mol. The zero-order valence-electron chi connectivity index (χ0n) is 10.5. The molecule has 0 saturated carbocycles. The van der Waals surface area contributed by atoms with Crippen LogP contribution < -0.4 is 9.64 Å². The smallest absolute Gasteiger partial charge is 0.222 e. The summed E-state index contributed by atoms with van der Waals surface area (Å²) < 4.78 is 5.62. The topological polar surface area (TPSA) is 32.8 Å². The highest BCUT2D eigenvalue weighted by Gasteiger charge is 2.22. The van der Waals surface area contributed by atoms with E-state index in [2.05, 4.69) is 11.0 Å². The van der Waals surface area contributed by atoms with Gasteiger partial charge in [-0.25, -0.2) is 0 Å². The number of likely N-dealkylation sites (tertiary alicyclic amines) is 1. The molecule has 1 saturated heterocycles. The molecule has 1 aromatic rings. The quantitative estimate of drug-likeness (QED) is 0.810. The second-order valence-electron chi connectivity index (χ2n) is 4.79. The summed E-state index contributed by atoms with van der Waals surface area (Å²) in [5.41, 5.74) is 1.15. The fourth-order valence-corrected chi connectivity index (χ4v) is 2.64. The first kappa shape index (κ1) is 11.4. The third-order valence-corrected chi connectivity index (χ3v) is 3.64. The lowest BCUT2D eigenvalue weighted by Gasteiger charge is -2.32. The number of carbonyl (C=O) groups excluding carboxylic acids is 1. The summed E-state index contributed by atoms with van der Waals surface area (Å²) in [6.07, 6.45) is 1.73. The Morgan fingerprint density at radius 2 is 1.94 bits per heavy atom. The van der Waals surface area contributed by atoms with E-state index in [4.69, 9.17) is 4.74 Å². The lowest BCUT2D eigenvalue weighted by atomic mass is 10.2. The highest BCUT2D eigenvalue weighted by Crippen LogP contribution is 2.30. The number of rotatable bonds is 3. The first-order valence-electron chi connectivity index (χ1n) is 6.59. The van der Waals surface area contributed by atoms with Gasteiger partial charge in [0.2, 0.25) is 5.91 Å². The van der Waals surface area contributed by atoms with E-state index in [0.29, 0.717) is 5.91 Å². The largest absolute Gasteiger partial charge is 0.490 e. The summed E-state index contributed by atoms with van der Waals surface area (Å²) in [7, 11) is 0. The van der Waals surface area contributed by atoms with Crippen molar-refractivity contribution in [3.8, 4) is 5.75 Å². The van der Waals surface area contributed by atoms with Gasteiger partial charge in [-0.15, -0.1) is 0 Å². The number of hydrogen-bond acceptors (Lipinski definition) is 3. The molecule has 18 heavy (non-hydrogen) atoms. The van der Waals surface area contributed by atoms with Gasteiger partial charge in [-0.3, -0.25) is 4.79 Å². The average Bonchev–Trinajstić information content (AvgIpc) is 2.82. The molecule has 0 bridgehead atoms. The van der Waals surface area contributed by atoms with Crippen LogP contribution in [0.25, 0.3) is 0 Å². The van der Waals surface area contributed by atoms with Crippen LogP contribution in [-0.4, -0.2) is 43.6 Å². The van der Waals surface area contributed by atoms with Crippen molar-refractivity contribution in [2.24, 2.45) is 0 Å². The van der Waals surface area contributed by atoms with Crippen molar-refractivity contribution >= 4 is 11.6 Å². The van der Waals surface area contributed by atoms with Gasteiger partial charge < -0.3 is 14.5 Å². The molecule has 4 nitrogen and oxygen atoms in total. The van der Waals surface area contributed by atoms with Crippen LogP contribution in [0.3, 0.4) is 0 Å². The normalized spacial score (nSPS) is 18.8. The van der Waals surface area contributed by atoms with E-state index in [9.17, 15) is 4.79 Å². The number of benzene rings is 1. The number of fused-ring (bicyclic) bond motifs is 1. The van der Waals surface area contributed by atoms with Crippen LogP contribution in [0, 0.1) is 0 Å². The van der Waals surface area contributed by atoms with Crippen LogP contribution in [0.1, 0.15) is 12.8 Å². The van der Waals surface area contributed by atoms with Gasteiger partial charge in [0.15, 0.2) is 0 Å². The standard InChI is InChI=1S/C14H18N2O2/c17-14-6-3-7-16(14)9-8-15-10-11-18-13-5-2-1-4-12(13)15/h1-2,4-5H,3,6-11H2. The third-order valence-electron chi connectivity index (χ3n) is 3.64. The molecule has 0 N–H and O–H groups in total. The Hall–Kier alpha value is -1.71. The van der Waals surface area contributed by atoms with E-state index >= 15 is 0 Å². The van der Waals surface area contributed by atoms with Crippen molar-refractivity contribution in [1.82, 2.24) is 4.90 Å². The van der Waals surface area contributed by atoms with Crippen molar-refractivity contribution in [2.75, 3.05) is 37.7 Å². The Morgan fingerprint density at radius 3 is 2.78 bits per heavy atom. The van der Waals surface area contributed by atoms with Crippen molar-refractivity contribution in [3.05, 3.63) is 24.3 Å². The fraction of sp³-hybridized carbons (Fsp3) is 0.500. The number of amides is 1. The van der Waals surface area contributed by atoms with Gasteiger partial charge in [-0.05, 0) is 18.6 Å². The van der Waals surface area contributed by atoms with Gasteiger partial charge in [0, 0.05) is 26.1 Å². The summed E-state index contributed by atoms with van der Waals surface area (Å²) in [5, 5.41) is 0. The minimum Gasteiger partial charge on any atom is -0.490 e. The van der Waals surface area contributed by atoms with E-state index in [1.54, 1.807) is 0 Å². The molecule has 0 atom stereocenters. The predicted octanol–water partition coefficient (Wildman–Crippen LogP) is 1.51. The molecule has 0 aliphatic carbocycles. The third kappa shape index (κ3) is 2.15. The molecular formula is C14H18N2O2. The first-order chi connectivity index (χ1) is 8.84. The maximum absolute atomic E-state index is 11.6. The van der Waals surface area contributed by atoms with E-state index in [-0.39, 0.29) is 0 Å². The Balaban J connectivity index is 1.65. The lowest BCUT2D eigenvalue weighted by molar-refractivity contribution is -0.127. The monoisotopic (exact) mass is 246 g/mol. The second kappa shape index (κ2) is 4.88. The summed E-state index contributed by atoms with van der Waals surface area (Å²) in [4.78, 5) is 15.9. The maximum atomic E-state index is 11.6. The molecule has 96 valence electrons. The molecule has 1 fully saturated rings. The molecule has 3 rings (SSSR count). The van der Waals surface area contributed by atoms with Crippen LogP contribution in [-0.2, 0) is 4.79 Å². The van der Waals surface area contributed by atoms with Crippen LogP contribution >= 0.6 is 0 Å². The molecule has 0 spiro atoms. The number of para-hydroxylation sites is 2. The number of carbonyl (C=O) groups is 1. The Kier molecular flexibility index (Phi) is 3.09. The van der Waals surface area contributed by atoms with Crippen LogP contribution in [0.2, 0.25) is 0 Å². The number of anilines is 1. The molecule has 1 aromatic carbocycles. The molecule has 1 amide bonds. The molecule has 2 aliphatic rings. The Bertz CT molecular complexity index is 447. The minimum atomic E-state index is 0.302. The van der Waals surface area contributed by atoms with Crippen molar-refractivity contribution in [1.29, 1.82) is 0 Å². The van der Waals surface area contributed by atoms with Gasteiger partial charge in [0.05, 0.1) is 12.2 Å². The number of ether oxygens (including phenoxy) is 1. The van der Waals surface area contributed by atoms with Gasteiger partial charge in [-0.1, -0.05) is 12.1 Å². The van der Waals surface area contributed by atoms with E-state index in [1.165, 1.54) is 0 Å². The summed E-state index contributed by atoms with van der Waals surface area (Å²) in [6.45, 7) is 4.27. The van der Waals surface area contributed by atoms with Crippen molar-refractivity contribution in [2.45, 2.75) is 12.8 Å². The molecule has 2 heterocycles. The maximum Gasteiger partial charge on any atom is 0.222 e. The zero-order valence-corrected chi connectivity index (χ0v) is 10.5. The number of nitrogens with zero attached hydrogens (tertiary/aromatic N) is 2. The van der Waals surface area contributed by atoms with Gasteiger partial charge in [0.1, 0.15) is 12.4 Å². The Labute approximate surface area is 107 Å². The summed E-state index contributed by atoms with van der Waals surface area (Å²) in [5.74, 6) is 1.26. The molecule has 0 unspecified atom stereocenters. The Morgan fingerprint density at radius 1 is 1.11 bits per heavy atom. The highest BCUT2D eigenvalue weighted by molar-refractivity contribution is 5.78. The van der Waals surface area contributed by atoms with Gasteiger partial charge in [0.25, 0.3) is 0 Å². The average molecular weight is 246 g/mol. The molecule has 2 aliphatic heterocycles. The highest BCUT2D eigenvalue weighted by atomic mass is 16.5. The van der Waals surface area contributed by atoms with Crippen LogP contribution in [0.4, 0.5) is 5.69 Å². The minimum absolute atomic E-state index is 0.302. The first-order valence-corrected chi connectivity index (χ1v) is 6.59. The summed E-state index contributed by atoms with van der Waals surface area (Å²) >= 11 is 0. The fourth-order valence-electron chi connectivity index (χ4n) is 2.64. The molecule has 4 heteroatoms. The second-order valence-corrected chi connectivity index (χ2v) is 4.79. The molecule has 0 aromatic heterocycles. The van der Waals surface area contributed by atoms with E-state index < -0.39 is 0 Å². The van der Waals surface area contributed by atoms with Crippen molar-refractivity contribution in [3.63, 3.8) is 0 Å². The van der Waals surface area contributed by atoms with E-state index in [0.717, 1.165) is 57.1 Å². The number of hydrogen-bond donors (Lipinski definition) is 0.